The number of nitrogens with one attached hydrogen (secondary N) is 1. The van der Waals surface area contributed by atoms with E-state index in [1.54, 1.807) is 36.4 Å². The average Bonchev–Trinajstić information content (AvgIpc) is 3.49. The second kappa shape index (κ2) is 11.3. The number of alkyl halides is 1. The van der Waals surface area contributed by atoms with E-state index in [0.29, 0.717) is 21.1 Å². The maximum atomic E-state index is 14.4. The zero-order valence-corrected chi connectivity index (χ0v) is 22.5. The van der Waals surface area contributed by atoms with Crippen LogP contribution in [0, 0.1) is 17.7 Å². The highest BCUT2D eigenvalue weighted by atomic mass is 79.9. The van der Waals surface area contributed by atoms with Crippen molar-refractivity contribution in [3.63, 3.8) is 0 Å². The Morgan fingerprint density at radius 1 is 1.15 bits per heavy atom. The number of aromatic nitrogens is 5. The summed E-state index contributed by atoms with van der Waals surface area (Å²) in [6.07, 6.45) is 0.492. The van der Waals surface area contributed by atoms with Gasteiger partial charge in [0, 0.05) is 24.3 Å². The third-order valence-electron chi connectivity index (χ3n) is 6.15. The molecule has 0 aliphatic carbocycles. The van der Waals surface area contributed by atoms with Gasteiger partial charge in [-0.25, -0.2) is 23.7 Å². The molecule has 13 heteroatoms. The first-order valence-corrected chi connectivity index (χ1v) is 12.9. The summed E-state index contributed by atoms with van der Waals surface area (Å²) >= 11 is 3.23. The van der Waals surface area contributed by atoms with Crippen LogP contribution in [-0.2, 0) is 16.1 Å². The fraction of sp³-hybridized carbons (Fsp3) is 0.222. The number of amides is 2. The summed E-state index contributed by atoms with van der Waals surface area (Å²) in [5, 5.41) is 7.42. The van der Waals surface area contributed by atoms with Crippen LogP contribution in [0.1, 0.15) is 35.2 Å². The molecule has 202 valence electrons. The molecule has 2 atom stereocenters. The highest BCUT2D eigenvalue weighted by Crippen LogP contribution is 2.25. The molecule has 3 aromatic heterocycles. The van der Waals surface area contributed by atoms with Gasteiger partial charge >= 0.3 is 0 Å². The molecule has 5 rings (SSSR count). The van der Waals surface area contributed by atoms with Crippen molar-refractivity contribution in [1.29, 1.82) is 0 Å². The number of nitrogens with zero attached hydrogens (tertiary/aromatic N) is 6. The topological polar surface area (TPSA) is 123 Å². The van der Waals surface area contributed by atoms with Gasteiger partial charge in [0.15, 0.2) is 11.6 Å². The van der Waals surface area contributed by atoms with Crippen LogP contribution in [0.2, 0.25) is 0 Å². The summed E-state index contributed by atoms with van der Waals surface area (Å²) < 4.78 is 29.3. The Morgan fingerprint density at radius 2 is 1.93 bits per heavy atom. The summed E-state index contributed by atoms with van der Waals surface area (Å²) in [6.45, 7) is 0.791. The van der Waals surface area contributed by atoms with Crippen molar-refractivity contribution in [2.24, 2.45) is 0 Å². The molecule has 1 aliphatic heterocycles. The first kappa shape index (κ1) is 27.0. The Morgan fingerprint density at radius 3 is 2.65 bits per heavy atom. The Bertz CT molecular complexity index is 1700. The number of ketones is 1. The minimum Gasteiger partial charge on any atom is -0.326 e. The standard InChI is InChI=1S/C27H20BrF2N7O3/c1-15(38)26-19-9-16(6-8-23-31-11-18(30)12-32-23)5-7-20(19)37(35-26)14-25(39)36-13-17(29)10-21(36)27(40)34-24-4-2-3-22(28)33-24/h2-5,7,9,11-12,17,21H,10,13-14H2,1H3,(H,33,34,40)/t17-,21+/m1/s1. The molecule has 1 fully saturated rings. The summed E-state index contributed by atoms with van der Waals surface area (Å²) in [5.41, 5.74) is 1.13. The van der Waals surface area contributed by atoms with Crippen molar-refractivity contribution >= 4 is 50.2 Å². The molecule has 1 saturated heterocycles. The van der Waals surface area contributed by atoms with Crippen molar-refractivity contribution in [2.75, 3.05) is 11.9 Å². The van der Waals surface area contributed by atoms with Gasteiger partial charge in [-0.05, 0) is 52.2 Å². The number of hydrogen-bond donors (Lipinski definition) is 1. The molecule has 10 nitrogen and oxygen atoms in total. The predicted molar refractivity (Wildman–Crippen MR) is 143 cm³/mol. The van der Waals surface area contributed by atoms with Crippen molar-refractivity contribution in [3.05, 3.63) is 76.3 Å². The van der Waals surface area contributed by atoms with E-state index < -0.39 is 29.8 Å². The van der Waals surface area contributed by atoms with Crippen LogP contribution >= 0.6 is 15.9 Å². The van der Waals surface area contributed by atoms with E-state index in [9.17, 15) is 23.2 Å². The monoisotopic (exact) mass is 607 g/mol. The number of anilines is 1. The number of hydrogen-bond acceptors (Lipinski definition) is 7. The van der Waals surface area contributed by atoms with E-state index in [1.807, 2.05) is 0 Å². The quantitative estimate of drug-likeness (QED) is 0.210. The maximum Gasteiger partial charge on any atom is 0.248 e. The minimum atomic E-state index is -1.37. The number of carbonyl (C=O) groups is 3. The van der Waals surface area contributed by atoms with Gasteiger partial charge in [0.05, 0.1) is 24.5 Å². The van der Waals surface area contributed by atoms with Gasteiger partial charge in [0.25, 0.3) is 0 Å². The van der Waals surface area contributed by atoms with E-state index in [1.165, 1.54) is 16.5 Å². The SMILES string of the molecule is CC(=O)c1nn(CC(=O)N2C[C@H](F)C[C@H]2C(=O)Nc2cccc(Br)n2)c2ccc(C#Cc3ncc(F)cn3)cc12. The van der Waals surface area contributed by atoms with Gasteiger partial charge < -0.3 is 10.2 Å². The summed E-state index contributed by atoms with van der Waals surface area (Å²) in [6, 6.07) is 8.89. The molecule has 1 aliphatic rings. The Balaban J connectivity index is 1.38. The number of benzene rings is 1. The van der Waals surface area contributed by atoms with E-state index >= 15 is 0 Å². The summed E-state index contributed by atoms with van der Waals surface area (Å²) in [4.78, 5) is 51.5. The van der Waals surface area contributed by atoms with Crippen molar-refractivity contribution in [2.45, 2.75) is 32.1 Å². The highest BCUT2D eigenvalue weighted by molar-refractivity contribution is 9.10. The molecule has 1 aromatic carbocycles. The molecular formula is C27H20BrF2N7O3. The van der Waals surface area contributed by atoms with Gasteiger partial charge in [-0.1, -0.05) is 12.0 Å². The number of halogens is 3. The average molecular weight is 608 g/mol. The molecule has 0 saturated carbocycles. The number of rotatable bonds is 5. The lowest BCUT2D eigenvalue weighted by Gasteiger charge is -2.23. The maximum absolute atomic E-state index is 14.4. The van der Waals surface area contributed by atoms with Crippen LogP contribution in [0.4, 0.5) is 14.6 Å². The molecule has 2 amide bonds. The van der Waals surface area contributed by atoms with E-state index in [-0.39, 0.29) is 42.6 Å². The molecule has 0 unspecified atom stereocenters. The fourth-order valence-corrected chi connectivity index (χ4v) is 4.70. The Hall–Kier alpha value is -4.57. The first-order valence-electron chi connectivity index (χ1n) is 12.1. The van der Waals surface area contributed by atoms with Crippen molar-refractivity contribution in [3.8, 4) is 11.8 Å². The van der Waals surface area contributed by atoms with Crippen molar-refractivity contribution in [1.82, 2.24) is 29.6 Å². The second-order valence-electron chi connectivity index (χ2n) is 9.00. The van der Waals surface area contributed by atoms with E-state index in [0.717, 1.165) is 12.4 Å². The fourth-order valence-electron chi connectivity index (χ4n) is 4.36. The van der Waals surface area contributed by atoms with Gasteiger partial charge in [-0.3, -0.25) is 19.1 Å². The number of pyridine rings is 1. The Kier molecular flexibility index (Phi) is 7.61. The first-order chi connectivity index (χ1) is 19.2. The molecular weight excluding hydrogens is 588 g/mol. The van der Waals surface area contributed by atoms with Gasteiger partial charge in [0.2, 0.25) is 17.6 Å². The zero-order chi connectivity index (χ0) is 28.4. The zero-order valence-electron chi connectivity index (χ0n) is 20.9. The minimum absolute atomic E-state index is 0.126. The molecule has 1 N–H and O–H groups in total. The molecule has 0 radical (unpaired) electrons. The van der Waals surface area contributed by atoms with E-state index in [2.05, 4.69) is 53.1 Å². The third-order valence-corrected chi connectivity index (χ3v) is 6.59. The van der Waals surface area contributed by atoms with Gasteiger partial charge in [-0.15, -0.1) is 0 Å². The normalized spacial score (nSPS) is 16.4. The number of carbonyl (C=O) groups excluding carboxylic acids is 3. The lowest BCUT2D eigenvalue weighted by molar-refractivity contribution is -0.137. The molecule has 0 bridgehead atoms. The van der Waals surface area contributed by atoms with Crippen LogP contribution in [0.25, 0.3) is 10.9 Å². The van der Waals surface area contributed by atoms with Crippen LogP contribution in [0.3, 0.4) is 0 Å². The van der Waals surface area contributed by atoms with Crippen LogP contribution in [-0.4, -0.2) is 66.0 Å². The molecule has 4 aromatic rings. The second-order valence-corrected chi connectivity index (χ2v) is 9.81. The molecule has 40 heavy (non-hydrogen) atoms. The van der Waals surface area contributed by atoms with Gasteiger partial charge in [-0.2, -0.15) is 5.10 Å². The molecule has 0 spiro atoms. The van der Waals surface area contributed by atoms with E-state index in [4.69, 9.17) is 0 Å². The van der Waals surface area contributed by atoms with Crippen LogP contribution in [0.5, 0.6) is 0 Å². The largest absolute Gasteiger partial charge is 0.326 e. The van der Waals surface area contributed by atoms with Crippen LogP contribution in [0.15, 0.2) is 53.4 Å². The number of likely N-dealkylation sites (tertiary alicyclic amines) is 1. The number of Topliss-reactive ketones (excluding diaryl/α,β-unsaturated/α-hetero) is 1. The molecule has 4 heterocycles. The lowest BCUT2D eigenvalue weighted by atomic mass is 10.1. The Labute approximate surface area is 234 Å². The third kappa shape index (κ3) is 5.86. The summed E-state index contributed by atoms with van der Waals surface area (Å²) in [7, 11) is 0. The van der Waals surface area contributed by atoms with Gasteiger partial charge in [0.1, 0.15) is 34.9 Å². The van der Waals surface area contributed by atoms with Crippen molar-refractivity contribution < 1.29 is 23.2 Å². The lowest BCUT2D eigenvalue weighted by Crippen LogP contribution is -2.44. The smallest absolute Gasteiger partial charge is 0.248 e. The van der Waals surface area contributed by atoms with Crippen LogP contribution < -0.4 is 5.32 Å². The predicted octanol–water partition coefficient (Wildman–Crippen LogP) is 3.30. The number of fused-ring (bicyclic) bond motifs is 1. The highest BCUT2D eigenvalue weighted by Gasteiger charge is 2.40. The summed E-state index contributed by atoms with van der Waals surface area (Å²) in [5.74, 6) is 3.99.